The number of nitrogens with zero attached hydrogens (tertiary/aromatic N) is 3. The van der Waals surface area contributed by atoms with Crippen LogP contribution in [0, 0.1) is 59.9 Å². The van der Waals surface area contributed by atoms with Gasteiger partial charge in [0.2, 0.25) is 0 Å². The molecule has 2 aromatic heterocycles. The third-order valence-corrected chi connectivity index (χ3v) is 5.78. The van der Waals surface area contributed by atoms with E-state index in [2.05, 4.69) is 9.98 Å². The Kier molecular flexibility index (Phi) is 10.5. The second-order valence-electron chi connectivity index (χ2n) is 8.45. The van der Waals surface area contributed by atoms with Crippen LogP contribution in [0.2, 0.25) is 0 Å². The minimum atomic E-state index is -1.50. The standard InChI is InChI=1S/C28H20N2O6.La.HNO3/c1-15-11-25(33)35-27-17(15)7-9-23(31)19(27)13-29-21-5-3-4-6-22(21)30-14-20-24(32)10-8-18-16(2)12-26(34)36-28(18)20;;2-1(3)4/h3-14,31-32H,1-2H3;;2H/q;;-2/p-2. The van der Waals surface area contributed by atoms with Crippen LogP contribution in [-0.2, 0) is 0 Å². The molecular formula is C28H19LaN3O9-4. The first kappa shape index (κ1) is 31.6. The zero-order valence-electron chi connectivity index (χ0n) is 21.6. The van der Waals surface area contributed by atoms with E-state index in [4.69, 9.17) is 24.5 Å². The summed E-state index contributed by atoms with van der Waals surface area (Å²) in [7, 11) is 0. The Morgan fingerprint density at radius 2 is 1.10 bits per heavy atom. The number of aryl methyl sites for hydroxylation is 2. The zero-order valence-corrected chi connectivity index (χ0v) is 25.2. The normalized spacial score (nSPS) is 11.3. The number of fused-ring (bicyclic) bond motifs is 2. The Bertz CT molecular complexity index is 1760. The zero-order chi connectivity index (χ0) is 29.0. The monoisotopic (exact) mass is 680 g/mol. The molecule has 0 fully saturated rings. The van der Waals surface area contributed by atoms with Gasteiger partial charge in [-0.1, -0.05) is 47.9 Å². The molecule has 5 aromatic rings. The molecule has 1 radical (unpaired) electrons. The molecule has 0 unspecified atom stereocenters. The van der Waals surface area contributed by atoms with E-state index in [0.717, 1.165) is 0 Å². The van der Waals surface area contributed by atoms with Crippen LogP contribution >= 0.6 is 0 Å². The predicted octanol–water partition coefficient (Wildman–Crippen LogP) is 3.84. The van der Waals surface area contributed by atoms with E-state index in [1.54, 1.807) is 50.2 Å². The van der Waals surface area contributed by atoms with Crippen LogP contribution in [-0.4, -0.2) is 23.0 Å². The van der Waals surface area contributed by atoms with Crippen LogP contribution in [0.25, 0.3) is 21.9 Å². The van der Waals surface area contributed by atoms with Gasteiger partial charge in [0, 0.05) is 82.1 Å². The summed E-state index contributed by atoms with van der Waals surface area (Å²) >= 11 is 0. The number of hydrogen-bond acceptors (Lipinski definition) is 12. The van der Waals surface area contributed by atoms with E-state index in [9.17, 15) is 19.8 Å². The Hall–Kier alpha value is -3.95. The minimum Gasteiger partial charge on any atom is -0.872 e. The molecule has 207 valence electrons. The van der Waals surface area contributed by atoms with Gasteiger partial charge >= 0.3 is 11.3 Å². The Morgan fingerprint density at radius 3 is 1.46 bits per heavy atom. The van der Waals surface area contributed by atoms with E-state index in [0.29, 0.717) is 33.3 Å². The molecule has 0 atom stereocenters. The van der Waals surface area contributed by atoms with Crippen molar-refractivity contribution in [3.8, 4) is 11.5 Å². The molecule has 0 aliphatic carbocycles. The van der Waals surface area contributed by atoms with E-state index in [1.807, 2.05) is 0 Å². The van der Waals surface area contributed by atoms with Gasteiger partial charge in [0.25, 0.3) is 0 Å². The average molecular weight is 680 g/mol. The topological polar surface area (TPSA) is 201 Å². The second-order valence-corrected chi connectivity index (χ2v) is 8.45. The quantitative estimate of drug-likeness (QED) is 0.165. The molecule has 0 aliphatic rings. The molecule has 3 aromatic carbocycles. The number of rotatable bonds is 4. The summed E-state index contributed by atoms with van der Waals surface area (Å²) in [6.07, 6.45) is 2.67. The van der Waals surface area contributed by atoms with Crippen LogP contribution in [0.5, 0.6) is 11.5 Å². The maximum Gasteiger partial charge on any atom is 0.336 e. The Labute approximate surface area is 259 Å². The van der Waals surface area contributed by atoms with Crippen molar-refractivity contribution in [2.45, 2.75) is 13.8 Å². The first-order valence-corrected chi connectivity index (χ1v) is 11.5. The van der Waals surface area contributed by atoms with E-state index >= 15 is 0 Å². The van der Waals surface area contributed by atoms with Crippen molar-refractivity contribution in [3.63, 3.8) is 0 Å². The molecule has 0 bridgehead atoms. The summed E-state index contributed by atoms with van der Waals surface area (Å²) in [5.41, 5.74) is 1.67. The van der Waals surface area contributed by atoms with Crippen molar-refractivity contribution in [3.05, 3.63) is 114 Å². The van der Waals surface area contributed by atoms with Crippen molar-refractivity contribution in [1.29, 1.82) is 0 Å². The fourth-order valence-corrected chi connectivity index (χ4v) is 3.97. The predicted molar refractivity (Wildman–Crippen MR) is 145 cm³/mol. The van der Waals surface area contributed by atoms with Crippen molar-refractivity contribution in [2.24, 2.45) is 9.98 Å². The second kappa shape index (κ2) is 13.6. The van der Waals surface area contributed by atoms with E-state index in [1.165, 1.54) is 36.7 Å². The number of hydrogen-bond donors (Lipinski definition) is 1. The van der Waals surface area contributed by atoms with Gasteiger partial charge in [-0.25, -0.2) is 9.59 Å². The average Bonchev–Trinajstić information content (AvgIpc) is 2.87. The van der Waals surface area contributed by atoms with Gasteiger partial charge in [-0.05, 0) is 37.1 Å². The van der Waals surface area contributed by atoms with Crippen LogP contribution in [0.15, 0.2) is 89.1 Å². The summed E-state index contributed by atoms with van der Waals surface area (Å²) in [4.78, 5) is 32.6. The summed E-state index contributed by atoms with van der Waals surface area (Å²) in [6.45, 7) is 3.52. The Balaban J connectivity index is 0.000000869. The van der Waals surface area contributed by atoms with Gasteiger partial charge in [-0.2, -0.15) is 0 Å². The molecular weight excluding hydrogens is 661 g/mol. The maximum atomic E-state index is 12.5. The SMILES string of the molecule is Cc1cc(=O)oc2c(C=Nc3ccccc3N=Cc3c([O-])ccc4c(C)cc(=O)oc34)c([O-])ccc12.[La].[O-]N([O-])O. The van der Waals surface area contributed by atoms with Crippen LogP contribution in [0.3, 0.4) is 0 Å². The molecule has 0 saturated carbocycles. The van der Waals surface area contributed by atoms with Crippen LogP contribution < -0.4 is 21.5 Å². The van der Waals surface area contributed by atoms with Gasteiger partial charge in [0.15, 0.2) is 0 Å². The van der Waals surface area contributed by atoms with Gasteiger partial charge in [0.05, 0.1) is 11.4 Å². The largest absolute Gasteiger partial charge is 0.872 e. The molecule has 0 amide bonds. The van der Waals surface area contributed by atoms with Gasteiger partial charge in [-0.3, -0.25) is 9.98 Å². The molecule has 1 N–H and O–H groups in total. The molecule has 13 heteroatoms. The summed E-state index contributed by atoms with van der Waals surface area (Å²) < 4.78 is 10.6. The van der Waals surface area contributed by atoms with Gasteiger partial charge in [0.1, 0.15) is 11.2 Å². The maximum absolute atomic E-state index is 12.5. The molecule has 2 heterocycles. The first-order valence-electron chi connectivity index (χ1n) is 11.5. The van der Waals surface area contributed by atoms with Gasteiger partial charge < -0.3 is 40.1 Å². The Morgan fingerprint density at radius 1 is 0.732 bits per heavy atom. The van der Waals surface area contributed by atoms with Crippen molar-refractivity contribution >= 4 is 45.7 Å². The summed E-state index contributed by atoms with van der Waals surface area (Å²) in [6, 6.07) is 15.6. The van der Waals surface area contributed by atoms with Crippen molar-refractivity contribution < 1.29 is 59.9 Å². The van der Waals surface area contributed by atoms with E-state index < -0.39 is 16.6 Å². The first-order chi connectivity index (χ1) is 19.0. The summed E-state index contributed by atoms with van der Waals surface area (Å²) in [5.74, 6) is -0.698. The van der Waals surface area contributed by atoms with Crippen molar-refractivity contribution in [2.75, 3.05) is 0 Å². The number of para-hydroxylation sites is 2. The molecule has 41 heavy (non-hydrogen) atoms. The number of benzene rings is 3. The molecule has 5 rings (SSSR count). The molecule has 12 nitrogen and oxygen atoms in total. The molecule has 0 saturated heterocycles. The fraction of sp³-hybridized carbons (Fsp3) is 0.0714. The van der Waals surface area contributed by atoms with Crippen LogP contribution in [0.1, 0.15) is 22.3 Å². The van der Waals surface area contributed by atoms with Crippen LogP contribution in [0.4, 0.5) is 11.4 Å². The minimum absolute atomic E-state index is 0. The summed E-state index contributed by atoms with van der Waals surface area (Å²) in [5, 5.41) is 48.3. The molecule has 0 aliphatic heterocycles. The third kappa shape index (κ3) is 7.42. The molecule has 0 spiro atoms. The van der Waals surface area contributed by atoms with Crippen molar-refractivity contribution in [1.82, 2.24) is 5.39 Å². The fourth-order valence-electron chi connectivity index (χ4n) is 3.97. The van der Waals surface area contributed by atoms with Gasteiger partial charge in [-0.15, -0.1) is 0 Å². The van der Waals surface area contributed by atoms with E-state index in [-0.39, 0.29) is 69.4 Å². The smallest absolute Gasteiger partial charge is 0.336 e. The number of aliphatic imine (C=N–C) groups is 2. The third-order valence-electron chi connectivity index (χ3n) is 5.78.